The molecule has 3 aromatic rings. The van der Waals surface area contributed by atoms with E-state index in [9.17, 15) is 12.8 Å². The van der Waals surface area contributed by atoms with Crippen molar-refractivity contribution in [2.75, 3.05) is 7.11 Å². The Morgan fingerprint density at radius 1 is 1.12 bits per heavy atom. The summed E-state index contributed by atoms with van der Waals surface area (Å²) in [4.78, 5) is -0.00226. The molecule has 0 unspecified atom stereocenters. The van der Waals surface area contributed by atoms with Crippen LogP contribution in [-0.4, -0.2) is 19.5 Å². The molecule has 1 heterocycles. The van der Waals surface area contributed by atoms with Crippen LogP contribution < -0.4 is 4.74 Å². The van der Waals surface area contributed by atoms with E-state index in [1.165, 1.54) is 25.4 Å². The highest BCUT2D eigenvalue weighted by atomic mass is 79.9. The second-order valence-electron chi connectivity index (χ2n) is 5.48. The molecule has 0 aliphatic heterocycles. The predicted octanol–water partition coefficient (Wildman–Crippen LogP) is 4.61. The number of methoxy groups -OCH3 is 1. The number of halogens is 2. The van der Waals surface area contributed by atoms with Gasteiger partial charge in [-0.05, 0) is 48.9 Å². The number of rotatable bonds is 4. The van der Waals surface area contributed by atoms with Gasteiger partial charge in [-0.3, -0.25) is 0 Å². The summed E-state index contributed by atoms with van der Waals surface area (Å²) in [5.41, 5.74) is 1.18. The first-order chi connectivity index (χ1) is 11.8. The van der Waals surface area contributed by atoms with E-state index in [-0.39, 0.29) is 21.9 Å². The summed E-state index contributed by atoms with van der Waals surface area (Å²) in [5.74, 6) is -0.271. The number of aromatic nitrogens is 1. The fraction of sp³-hybridized carbons (Fsp3) is 0.111. The number of nitrogens with zero attached hydrogens (tertiary/aromatic N) is 1. The zero-order valence-electron chi connectivity index (χ0n) is 13.5. The van der Waals surface area contributed by atoms with Gasteiger partial charge in [0.25, 0.3) is 10.0 Å². The van der Waals surface area contributed by atoms with E-state index in [2.05, 4.69) is 15.9 Å². The summed E-state index contributed by atoms with van der Waals surface area (Å²) < 4.78 is 47.6. The maximum atomic E-state index is 14.2. The first kappa shape index (κ1) is 17.7. The fourth-order valence-electron chi connectivity index (χ4n) is 2.59. The molecule has 0 saturated carbocycles. The van der Waals surface area contributed by atoms with Crippen molar-refractivity contribution < 1.29 is 17.5 Å². The Balaban J connectivity index is 2.27. The largest absolute Gasteiger partial charge is 0.495 e. The lowest BCUT2D eigenvalue weighted by Gasteiger charge is -2.14. The molecular weight excluding hydrogens is 409 g/mol. The monoisotopic (exact) mass is 423 g/mol. The maximum absolute atomic E-state index is 14.2. The highest BCUT2D eigenvalue weighted by Gasteiger charge is 2.26. The van der Waals surface area contributed by atoms with Crippen LogP contribution in [0.2, 0.25) is 0 Å². The third kappa shape index (κ3) is 3.21. The topological polar surface area (TPSA) is 48.3 Å². The Hall–Kier alpha value is -2.12. The van der Waals surface area contributed by atoms with Crippen LogP contribution in [0.3, 0.4) is 0 Å². The molecule has 1 aromatic heterocycles. The van der Waals surface area contributed by atoms with E-state index in [0.29, 0.717) is 10.0 Å². The van der Waals surface area contributed by atoms with E-state index in [1.807, 2.05) is 0 Å². The molecule has 0 atom stereocenters. The zero-order valence-corrected chi connectivity index (χ0v) is 15.9. The van der Waals surface area contributed by atoms with Crippen molar-refractivity contribution in [3.05, 3.63) is 70.6 Å². The lowest BCUT2D eigenvalue weighted by Crippen LogP contribution is -2.14. The molecule has 25 heavy (non-hydrogen) atoms. The summed E-state index contributed by atoms with van der Waals surface area (Å²) in [6, 6.07) is 12.4. The minimum atomic E-state index is -3.98. The Morgan fingerprint density at radius 2 is 1.84 bits per heavy atom. The van der Waals surface area contributed by atoms with Crippen LogP contribution in [0.15, 0.2) is 64.1 Å². The molecule has 0 amide bonds. The first-order valence-electron chi connectivity index (χ1n) is 7.37. The van der Waals surface area contributed by atoms with E-state index < -0.39 is 15.8 Å². The van der Waals surface area contributed by atoms with Crippen LogP contribution in [0.4, 0.5) is 4.39 Å². The molecule has 2 aromatic carbocycles. The molecule has 7 heteroatoms. The fourth-order valence-corrected chi connectivity index (χ4v) is 4.71. The molecule has 0 fully saturated rings. The minimum Gasteiger partial charge on any atom is -0.495 e. The molecule has 0 radical (unpaired) electrons. The van der Waals surface area contributed by atoms with Crippen LogP contribution in [0.25, 0.3) is 11.3 Å². The number of hydrogen-bond donors (Lipinski definition) is 0. The lowest BCUT2D eigenvalue weighted by molar-refractivity contribution is 0.402. The Kier molecular flexibility index (Phi) is 4.71. The quantitative estimate of drug-likeness (QED) is 0.615. The molecule has 0 aliphatic rings. The van der Waals surface area contributed by atoms with Gasteiger partial charge in [-0.2, -0.15) is 0 Å². The third-order valence-corrected chi connectivity index (χ3v) is 5.92. The summed E-state index contributed by atoms with van der Waals surface area (Å²) in [6.45, 7) is 1.76. The number of benzene rings is 2. The molecule has 0 bridgehead atoms. The molecule has 0 aliphatic carbocycles. The summed E-state index contributed by atoms with van der Waals surface area (Å²) in [6.07, 6.45) is 1.47. The van der Waals surface area contributed by atoms with Crippen molar-refractivity contribution >= 4 is 26.0 Å². The molecule has 0 saturated heterocycles. The minimum absolute atomic E-state index is 0.00226. The van der Waals surface area contributed by atoms with Gasteiger partial charge in [0, 0.05) is 16.2 Å². The number of hydrogen-bond acceptors (Lipinski definition) is 3. The van der Waals surface area contributed by atoms with Crippen molar-refractivity contribution in [2.45, 2.75) is 11.8 Å². The van der Waals surface area contributed by atoms with E-state index in [1.54, 1.807) is 43.3 Å². The van der Waals surface area contributed by atoms with E-state index in [0.717, 1.165) is 3.97 Å². The van der Waals surface area contributed by atoms with Crippen LogP contribution >= 0.6 is 15.9 Å². The molecule has 0 spiro atoms. The number of ether oxygens (including phenoxy) is 1. The summed E-state index contributed by atoms with van der Waals surface area (Å²) in [7, 11) is -2.58. The van der Waals surface area contributed by atoms with Gasteiger partial charge >= 0.3 is 0 Å². The highest BCUT2D eigenvalue weighted by Crippen LogP contribution is 2.33. The first-order valence-corrected chi connectivity index (χ1v) is 9.61. The van der Waals surface area contributed by atoms with Crippen LogP contribution in [0, 0.1) is 12.7 Å². The van der Waals surface area contributed by atoms with Crippen molar-refractivity contribution in [3.8, 4) is 17.0 Å². The van der Waals surface area contributed by atoms with Gasteiger partial charge in [-0.25, -0.2) is 16.8 Å². The Morgan fingerprint density at radius 3 is 2.52 bits per heavy atom. The second kappa shape index (κ2) is 6.65. The van der Waals surface area contributed by atoms with Gasteiger partial charge in [0.05, 0.1) is 12.8 Å². The van der Waals surface area contributed by atoms with E-state index >= 15 is 0 Å². The van der Waals surface area contributed by atoms with Gasteiger partial charge in [0.15, 0.2) is 0 Å². The van der Waals surface area contributed by atoms with Gasteiger partial charge in [0.2, 0.25) is 0 Å². The average molecular weight is 424 g/mol. The number of aryl methyl sites for hydroxylation is 1. The normalized spacial score (nSPS) is 11.5. The van der Waals surface area contributed by atoms with Gasteiger partial charge in [0.1, 0.15) is 16.5 Å². The van der Waals surface area contributed by atoms with Gasteiger partial charge in [-0.15, -0.1) is 0 Å². The average Bonchev–Trinajstić information content (AvgIpc) is 2.97. The molecule has 0 N–H and O–H groups in total. The van der Waals surface area contributed by atoms with E-state index in [4.69, 9.17) is 4.74 Å². The van der Waals surface area contributed by atoms with Crippen molar-refractivity contribution in [1.82, 2.24) is 3.97 Å². The molecule has 4 nitrogen and oxygen atoms in total. The summed E-state index contributed by atoms with van der Waals surface area (Å²) >= 11 is 3.28. The SMILES string of the molecule is COc1ccc(Br)cc1S(=O)(=O)n1cc(C)cc1-c1ccccc1F. The Bertz CT molecular complexity index is 1040. The molecule has 3 rings (SSSR count). The zero-order chi connectivity index (χ0) is 18.2. The smallest absolute Gasteiger partial charge is 0.271 e. The highest BCUT2D eigenvalue weighted by molar-refractivity contribution is 9.10. The van der Waals surface area contributed by atoms with Crippen LogP contribution in [-0.2, 0) is 10.0 Å². The van der Waals surface area contributed by atoms with Gasteiger partial charge in [-0.1, -0.05) is 28.1 Å². The van der Waals surface area contributed by atoms with Gasteiger partial charge < -0.3 is 4.74 Å². The Labute approximate surface area is 154 Å². The van der Waals surface area contributed by atoms with Crippen molar-refractivity contribution in [2.24, 2.45) is 0 Å². The van der Waals surface area contributed by atoms with Crippen LogP contribution in [0.1, 0.15) is 5.56 Å². The van der Waals surface area contributed by atoms with Crippen molar-refractivity contribution in [1.29, 1.82) is 0 Å². The summed E-state index contributed by atoms with van der Waals surface area (Å²) in [5, 5.41) is 0. The lowest BCUT2D eigenvalue weighted by atomic mass is 10.1. The third-order valence-electron chi connectivity index (χ3n) is 3.74. The van der Waals surface area contributed by atoms with Crippen LogP contribution in [0.5, 0.6) is 5.75 Å². The second-order valence-corrected chi connectivity index (χ2v) is 8.18. The van der Waals surface area contributed by atoms with Crippen molar-refractivity contribution in [3.63, 3.8) is 0 Å². The predicted molar refractivity (Wildman–Crippen MR) is 97.8 cm³/mol. The maximum Gasteiger partial charge on any atom is 0.271 e. The standard InChI is InChI=1S/C18H15BrFNO3S/c1-12-9-16(14-5-3-4-6-15(14)20)21(11-12)25(22,23)18-10-13(19)7-8-17(18)24-2/h3-11H,1-2H3. The molecular formula is C18H15BrFNO3S. The molecule has 130 valence electrons.